The van der Waals surface area contributed by atoms with E-state index in [-0.39, 0.29) is 5.82 Å². The molecule has 0 radical (unpaired) electrons. The van der Waals surface area contributed by atoms with Crippen LogP contribution < -0.4 is 5.32 Å². The van der Waals surface area contributed by atoms with Crippen LogP contribution in [-0.4, -0.2) is 0 Å². The molecule has 100 valence electrons. The molecule has 0 fully saturated rings. The number of hydrogen-bond donors (Lipinski definition) is 1. The monoisotopic (exact) mass is 321 g/mol. The van der Waals surface area contributed by atoms with Crippen LogP contribution in [0.4, 0.5) is 4.39 Å². The van der Waals surface area contributed by atoms with Gasteiger partial charge >= 0.3 is 0 Å². The first kappa shape index (κ1) is 14.2. The van der Waals surface area contributed by atoms with Gasteiger partial charge in [-0.25, -0.2) is 4.39 Å². The van der Waals surface area contributed by atoms with Crippen molar-refractivity contribution in [3.8, 4) is 0 Å². The fraction of sp³-hybridized carbons (Fsp3) is 0.250. The Bertz CT molecular complexity index is 554. The van der Waals surface area contributed by atoms with Crippen molar-refractivity contribution in [1.82, 2.24) is 5.32 Å². The maximum atomic E-state index is 13.4. The molecule has 2 aromatic rings. The molecule has 0 aromatic heterocycles. The van der Waals surface area contributed by atoms with E-state index in [9.17, 15) is 4.39 Å². The van der Waals surface area contributed by atoms with Crippen LogP contribution in [0.5, 0.6) is 0 Å². The average Bonchev–Trinajstić information content (AvgIpc) is 2.44. The normalized spacial score (nSPS) is 10.7. The highest BCUT2D eigenvalue weighted by Gasteiger charge is 2.05. The third-order valence-electron chi connectivity index (χ3n) is 3.16. The Morgan fingerprint density at radius 2 is 1.58 bits per heavy atom. The fourth-order valence-electron chi connectivity index (χ4n) is 2.09. The molecule has 0 aliphatic heterocycles. The van der Waals surface area contributed by atoms with Gasteiger partial charge < -0.3 is 5.32 Å². The van der Waals surface area contributed by atoms with Gasteiger partial charge in [-0.2, -0.15) is 0 Å². The Balaban J connectivity index is 1.98. The summed E-state index contributed by atoms with van der Waals surface area (Å²) >= 11 is 3.28. The summed E-state index contributed by atoms with van der Waals surface area (Å²) in [6, 6.07) is 13.5. The van der Waals surface area contributed by atoms with Crippen LogP contribution in [0.2, 0.25) is 0 Å². The maximum Gasteiger partial charge on any atom is 0.137 e. The van der Waals surface area contributed by atoms with E-state index in [0.29, 0.717) is 11.0 Å². The number of nitrogens with one attached hydrogen (secondary N) is 1. The highest BCUT2D eigenvalue weighted by atomic mass is 79.9. The third-order valence-corrected chi connectivity index (χ3v) is 4.05. The maximum absolute atomic E-state index is 13.4. The zero-order valence-corrected chi connectivity index (χ0v) is 12.5. The molecule has 0 amide bonds. The van der Waals surface area contributed by atoms with Crippen molar-refractivity contribution in [1.29, 1.82) is 0 Å². The van der Waals surface area contributed by atoms with Crippen LogP contribution in [0.1, 0.15) is 23.6 Å². The molecule has 0 aliphatic rings. The molecule has 1 N–H and O–H groups in total. The first-order valence-electron chi connectivity index (χ1n) is 6.42. The summed E-state index contributed by atoms with van der Waals surface area (Å²) in [5, 5.41) is 3.36. The van der Waals surface area contributed by atoms with Gasteiger partial charge in [-0.3, -0.25) is 0 Å². The second-order valence-corrected chi connectivity index (χ2v) is 5.23. The molecule has 0 aliphatic carbocycles. The second-order valence-electron chi connectivity index (χ2n) is 4.44. The highest BCUT2D eigenvalue weighted by molar-refractivity contribution is 9.10. The van der Waals surface area contributed by atoms with Crippen molar-refractivity contribution in [2.45, 2.75) is 26.4 Å². The summed E-state index contributed by atoms with van der Waals surface area (Å²) < 4.78 is 13.9. The summed E-state index contributed by atoms with van der Waals surface area (Å²) in [6.07, 6.45) is 1.03. The lowest BCUT2D eigenvalue weighted by atomic mass is 10.1. The Morgan fingerprint density at radius 1 is 0.947 bits per heavy atom. The minimum Gasteiger partial charge on any atom is -0.309 e. The number of benzene rings is 2. The zero-order valence-electron chi connectivity index (χ0n) is 10.9. The van der Waals surface area contributed by atoms with E-state index >= 15 is 0 Å². The van der Waals surface area contributed by atoms with Crippen molar-refractivity contribution >= 4 is 15.9 Å². The van der Waals surface area contributed by atoms with Gasteiger partial charge in [0.25, 0.3) is 0 Å². The summed E-state index contributed by atoms with van der Waals surface area (Å²) in [5.41, 5.74) is 3.60. The zero-order chi connectivity index (χ0) is 13.7. The first-order chi connectivity index (χ1) is 9.22. The van der Waals surface area contributed by atoms with Gasteiger partial charge in [0.1, 0.15) is 5.82 Å². The fourth-order valence-corrected chi connectivity index (χ4v) is 2.50. The SMILES string of the molecule is CCc1ccccc1CNCc1cccc(F)c1Br. The Hall–Kier alpha value is -1.19. The second kappa shape index (κ2) is 6.83. The minimum atomic E-state index is -0.215. The predicted octanol–water partition coefficient (Wildman–Crippen LogP) is 4.44. The molecular formula is C16H17BrFN. The van der Waals surface area contributed by atoms with Crippen LogP contribution in [0, 0.1) is 5.82 Å². The van der Waals surface area contributed by atoms with E-state index in [2.05, 4.69) is 46.4 Å². The largest absolute Gasteiger partial charge is 0.309 e. The van der Waals surface area contributed by atoms with E-state index in [1.165, 1.54) is 17.2 Å². The smallest absolute Gasteiger partial charge is 0.137 e. The van der Waals surface area contributed by atoms with Gasteiger partial charge in [-0.15, -0.1) is 0 Å². The van der Waals surface area contributed by atoms with Gasteiger partial charge in [0.05, 0.1) is 4.47 Å². The van der Waals surface area contributed by atoms with Gasteiger partial charge in [-0.1, -0.05) is 43.3 Å². The molecule has 19 heavy (non-hydrogen) atoms. The van der Waals surface area contributed by atoms with Gasteiger partial charge in [0.15, 0.2) is 0 Å². The lowest BCUT2D eigenvalue weighted by Gasteiger charge is -2.10. The van der Waals surface area contributed by atoms with Gasteiger partial charge in [0.2, 0.25) is 0 Å². The van der Waals surface area contributed by atoms with E-state index < -0.39 is 0 Å². The molecule has 0 heterocycles. The Morgan fingerprint density at radius 3 is 2.32 bits per heavy atom. The molecule has 0 saturated heterocycles. The molecular weight excluding hydrogens is 305 g/mol. The third kappa shape index (κ3) is 3.64. The molecule has 0 saturated carbocycles. The summed E-state index contributed by atoms with van der Waals surface area (Å²) in [4.78, 5) is 0. The van der Waals surface area contributed by atoms with Crippen LogP contribution in [0.15, 0.2) is 46.9 Å². The van der Waals surface area contributed by atoms with Gasteiger partial charge in [0, 0.05) is 13.1 Å². The van der Waals surface area contributed by atoms with E-state index in [0.717, 1.165) is 18.5 Å². The lowest BCUT2D eigenvalue weighted by molar-refractivity contribution is 0.612. The van der Waals surface area contributed by atoms with Crippen molar-refractivity contribution in [3.63, 3.8) is 0 Å². The molecule has 0 bridgehead atoms. The number of halogens is 2. The van der Waals surface area contributed by atoms with Crippen molar-refractivity contribution in [3.05, 3.63) is 69.4 Å². The van der Waals surface area contributed by atoms with Gasteiger partial charge in [-0.05, 0) is 45.1 Å². The number of hydrogen-bond acceptors (Lipinski definition) is 1. The molecule has 3 heteroatoms. The lowest BCUT2D eigenvalue weighted by Crippen LogP contribution is -2.14. The first-order valence-corrected chi connectivity index (χ1v) is 7.22. The Labute approximate surface area is 122 Å². The standard InChI is InChI=1S/C16H17BrFN/c1-2-12-6-3-4-7-13(12)10-19-11-14-8-5-9-15(18)16(14)17/h3-9,19H,2,10-11H2,1H3. The van der Waals surface area contributed by atoms with Crippen LogP contribution >= 0.6 is 15.9 Å². The van der Waals surface area contributed by atoms with Crippen LogP contribution in [-0.2, 0) is 19.5 Å². The number of aryl methyl sites for hydroxylation is 1. The summed E-state index contributed by atoms with van der Waals surface area (Å²) in [6.45, 7) is 3.60. The topological polar surface area (TPSA) is 12.0 Å². The van der Waals surface area contributed by atoms with Crippen molar-refractivity contribution in [2.75, 3.05) is 0 Å². The quantitative estimate of drug-likeness (QED) is 0.858. The molecule has 2 rings (SSSR count). The summed E-state index contributed by atoms with van der Waals surface area (Å²) in [7, 11) is 0. The van der Waals surface area contributed by atoms with Crippen LogP contribution in [0.25, 0.3) is 0 Å². The van der Waals surface area contributed by atoms with E-state index in [4.69, 9.17) is 0 Å². The number of rotatable bonds is 5. The Kier molecular flexibility index (Phi) is 5.11. The average molecular weight is 322 g/mol. The molecule has 0 unspecified atom stereocenters. The highest BCUT2D eigenvalue weighted by Crippen LogP contribution is 2.20. The molecule has 0 atom stereocenters. The minimum absolute atomic E-state index is 0.215. The van der Waals surface area contributed by atoms with E-state index in [1.807, 2.05) is 12.1 Å². The summed E-state index contributed by atoms with van der Waals surface area (Å²) in [5.74, 6) is -0.215. The molecule has 2 aromatic carbocycles. The molecule has 0 spiro atoms. The van der Waals surface area contributed by atoms with E-state index in [1.54, 1.807) is 6.07 Å². The molecule has 1 nitrogen and oxygen atoms in total. The van der Waals surface area contributed by atoms with Crippen molar-refractivity contribution < 1.29 is 4.39 Å². The van der Waals surface area contributed by atoms with Crippen molar-refractivity contribution in [2.24, 2.45) is 0 Å². The predicted molar refractivity (Wildman–Crippen MR) is 80.5 cm³/mol. The van der Waals surface area contributed by atoms with Crippen LogP contribution in [0.3, 0.4) is 0 Å².